The fraction of sp³-hybridized carbons (Fsp3) is 0.192. The Kier molecular flexibility index (Phi) is 6.21. The van der Waals surface area contributed by atoms with Crippen LogP contribution >= 0.6 is 0 Å². The highest BCUT2D eigenvalue weighted by Crippen LogP contribution is 2.24. The van der Waals surface area contributed by atoms with Crippen molar-refractivity contribution in [2.24, 2.45) is 0 Å². The zero-order valence-corrected chi connectivity index (χ0v) is 19.2. The van der Waals surface area contributed by atoms with Crippen LogP contribution in [0.25, 0.3) is 5.69 Å². The predicted octanol–water partition coefficient (Wildman–Crippen LogP) is 4.25. The van der Waals surface area contributed by atoms with Gasteiger partial charge in [-0.25, -0.2) is 4.68 Å². The van der Waals surface area contributed by atoms with Crippen LogP contribution < -0.4 is 10.1 Å². The molecule has 0 saturated carbocycles. The Labute approximate surface area is 202 Å². The molecule has 4 aromatic rings. The van der Waals surface area contributed by atoms with Gasteiger partial charge in [0.15, 0.2) is 5.69 Å². The van der Waals surface area contributed by atoms with Crippen LogP contribution in [-0.2, 0) is 0 Å². The molecule has 0 unspecified atom stereocenters. The van der Waals surface area contributed by atoms with E-state index >= 15 is 0 Å². The van der Waals surface area contributed by atoms with Crippen molar-refractivity contribution in [3.63, 3.8) is 0 Å². The second kappa shape index (κ2) is 9.76. The first-order valence-corrected chi connectivity index (χ1v) is 11.4. The highest BCUT2D eigenvalue weighted by Gasteiger charge is 2.21. The first-order valence-electron chi connectivity index (χ1n) is 11.4. The van der Waals surface area contributed by atoms with Gasteiger partial charge in [0.05, 0.1) is 11.4 Å². The summed E-state index contributed by atoms with van der Waals surface area (Å²) in [7, 11) is 0. The zero-order chi connectivity index (χ0) is 24.2. The van der Waals surface area contributed by atoms with Crippen molar-refractivity contribution >= 4 is 17.5 Å². The van der Waals surface area contributed by atoms with Crippen molar-refractivity contribution in [1.29, 1.82) is 0 Å². The molecule has 9 heteroatoms. The molecule has 0 aliphatic carbocycles. The van der Waals surface area contributed by atoms with E-state index in [0.29, 0.717) is 28.6 Å². The number of benzene rings is 2. The molecule has 2 aromatic heterocycles. The Morgan fingerprint density at radius 1 is 0.943 bits per heavy atom. The van der Waals surface area contributed by atoms with E-state index < -0.39 is 0 Å². The van der Waals surface area contributed by atoms with Crippen LogP contribution in [0.2, 0.25) is 0 Å². The topological polar surface area (TPSA) is 102 Å². The van der Waals surface area contributed by atoms with E-state index in [1.807, 2.05) is 35.2 Å². The smallest absolute Gasteiger partial charge is 0.278 e. The fourth-order valence-corrected chi connectivity index (χ4v) is 3.96. The summed E-state index contributed by atoms with van der Waals surface area (Å²) in [6.07, 6.45) is 3.61. The maximum Gasteiger partial charge on any atom is 0.278 e. The zero-order valence-electron chi connectivity index (χ0n) is 19.2. The number of aromatic nitrogens is 4. The third-order valence-corrected chi connectivity index (χ3v) is 5.80. The molecule has 2 amide bonds. The van der Waals surface area contributed by atoms with Crippen LogP contribution in [-0.4, -0.2) is 49.8 Å². The second-order valence-electron chi connectivity index (χ2n) is 8.23. The van der Waals surface area contributed by atoms with E-state index in [9.17, 15) is 9.59 Å². The van der Waals surface area contributed by atoms with Gasteiger partial charge in [-0.1, -0.05) is 23.4 Å². The molecule has 1 aliphatic heterocycles. The summed E-state index contributed by atoms with van der Waals surface area (Å²) in [5, 5.41) is 11.0. The molecule has 0 atom stereocenters. The second-order valence-corrected chi connectivity index (χ2v) is 8.23. The Morgan fingerprint density at radius 2 is 1.69 bits per heavy atom. The molecule has 3 heterocycles. The number of hydrogen-bond donors (Lipinski definition) is 1. The van der Waals surface area contributed by atoms with Gasteiger partial charge in [-0.2, -0.15) is 0 Å². The first kappa shape index (κ1) is 22.3. The third kappa shape index (κ3) is 4.89. The van der Waals surface area contributed by atoms with Crippen molar-refractivity contribution < 1.29 is 14.3 Å². The molecule has 1 fully saturated rings. The number of amides is 2. The average molecular weight is 469 g/mol. The summed E-state index contributed by atoms with van der Waals surface area (Å²) in [5.74, 6) is 0.663. The SMILES string of the molecule is Cc1c(C(=O)Nc2ccc(Oc3ccnc(C(=O)N4CCCC4)c3)cc2)nnn1-c1ccccc1. The number of ether oxygens (including phenoxy) is 1. The summed E-state index contributed by atoms with van der Waals surface area (Å²) in [6.45, 7) is 3.33. The summed E-state index contributed by atoms with van der Waals surface area (Å²) >= 11 is 0. The van der Waals surface area contributed by atoms with Gasteiger partial charge in [-0.3, -0.25) is 14.6 Å². The molecule has 1 saturated heterocycles. The first-order chi connectivity index (χ1) is 17.1. The number of para-hydroxylation sites is 1. The van der Waals surface area contributed by atoms with Crippen LogP contribution in [0, 0.1) is 6.92 Å². The molecule has 35 heavy (non-hydrogen) atoms. The number of likely N-dealkylation sites (tertiary alicyclic amines) is 1. The van der Waals surface area contributed by atoms with E-state index in [1.165, 1.54) is 0 Å². The quantitative estimate of drug-likeness (QED) is 0.454. The summed E-state index contributed by atoms with van der Waals surface area (Å²) < 4.78 is 7.53. The van der Waals surface area contributed by atoms with Crippen LogP contribution in [0.5, 0.6) is 11.5 Å². The monoisotopic (exact) mass is 468 g/mol. The lowest BCUT2D eigenvalue weighted by molar-refractivity contribution is 0.0786. The van der Waals surface area contributed by atoms with Crippen molar-refractivity contribution in [1.82, 2.24) is 24.9 Å². The van der Waals surface area contributed by atoms with Gasteiger partial charge in [0.2, 0.25) is 0 Å². The minimum absolute atomic E-state index is 0.0782. The number of pyridine rings is 1. The number of carbonyl (C=O) groups is 2. The highest BCUT2D eigenvalue weighted by atomic mass is 16.5. The lowest BCUT2D eigenvalue weighted by Gasteiger charge is -2.15. The molecule has 0 radical (unpaired) electrons. The summed E-state index contributed by atoms with van der Waals surface area (Å²) in [4.78, 5) is 31.4. The predicted molar refractivity (Wildman–Crippen MR) is 130 cm³/mol. The van der Waals surface area contributed by atoms with Crippen LogP contribution in [0.4, 0.5) is 5.69 Å². The average Bonchev–Trinajstić information content (AvgIpc) is 3.56. The normalized spacial score (nSPS) is 13.0. The van der Waals surface area contributed by atoms with E-state index in [2.05, 4.69) is 20.6 Å². The van der Waals surface area contributed by atoms with Gasteiger partial charge in [0.25, 0.3) is 11.8 Å². The Morgan fingerprint density at radius 3 is 2.43 bits per heavy atom. The minimum Gasteiger partial charge on any atom is -0.457 e. The van der Waals surface area contributed by atoms with Crippen LogP contribution in [0.15, 0.2) is 72.9 Å². The summed E-state index contributed by atoms with van der Waals surface area (Å²) in [6, 6.07) is 19.8. The summed E-state index contributed by atoms with van der Waals surface area (Å²) in [5.41, 5.74) is 2.69. The number of carbonyl (C=O) groups excluding carboxylic acids is 2. The van der Waals surface area contributed by atoms with Crippen molar-refractivity contribution in [3.8, 4) is 17.2 Å². The van der Waals surface area contributed by atoms with E-state index in [1.54, 1.807) is 54.2 Å². The number of rotatable bonds is 6. The van der Waals surface area contributed by atoms with Crippen LogP contribution in [0.1, 0.15) is 39.5 Å². The molecule has 5 rings (SSSR count). The number of anilines is 1. The Bertz CT molecular complexity index is 1350. The van der Waals surface area contributed by atoms with Crippen molar-refractivity contribution in [2.45, 2.75) is 19.8 Å². The minimum atomic E-state index is -0.349. The van der Waals surface area contributed by atoms with Gasteiger partial charge in [0, 0.05) is 31.0 Å². The Hall–Kier alpha value is -4.53. The maximum absolute atomic E-state index is 12.8. The molecule has 0 spiro atoms. The lowest BCUT2D eigenvalue weighted by Crippen LogP contribution is -2.28. The molecule has 0 bridgehead atoms. The lowest BCUT2D eigenvalue weighted by atomic mass is 10.2. The van der Waals surface area contributed by atoms with Crippen LogP contribution in [0.3, 0.4) is 0 Å². The molecular weight excluding hydrogens is 444 g/mol. The van der Waals surface area contributed by atoms with E-state index in [0.717, 1.165) is 31.6 Å². The molecular formula is C26H24N6O3. The van der Waals surface area contributed by atoms with Crippen molar-refractivity contribution in [3.05, 3.63) is 90.0 Å². The molecule has 2 aromatic carbocycles. The standard InChI is InChI=1S/C26H24N6O3/c1-18-24(29-30-32(18)20-7-3-2-4-8-20)25(33)28-19-9-11-21(12-10-19)35-22-13-14-27-23(17-22)26(34)31-15-5-6-16-31/h2-4,7-14,17H,5-6,15-16H2,1H3,(H,28,33). The van der Waals surface area contributed by atoms with Gasteiger partial charge >= 0.3 is 0 Å². The molecule has 1 aliphatic rings. The number of nitrogens with zero attached hydrogens (tertiary/aromatic N) is 5. The van der Waals surface area contributed by atoms with Gasteiger partial charge in [0.1, 0.15) is 17.2 Å². The van der Waals surface area contributed by atoms with Gasteiger partial charge < -0.3 is 15.0 Å². The van der Waals surface area contributed by atoms with E-state index in [-0.39, 0.29) is 17.5 Å². The third-order valence-electron chi connectivity index (χ3n) is 5.80. The molecule has 176 valence electrons. The fourth-order valence-electron chi connectivity index (χ4n) is 3.96. The number of hydrogen-bond acceptors (Lipinski definition) is 6. The van der Waals surface area contributed by atoms with Gasteiger partial charge in [-0.15, -0.1) is 5.10 Å². The Balaban J connectivity index is 1.24. The van der Waals surface area contributed by atoms with E-state index in [4.69, 9.17) is 4.74 Å². The maximum atomic E-state index is 12.8. The number of nitrogens with one attached hydrogen (secondary N) is 1. The van der Waals surface area contributed by atoms with Crippen molar-refractivity contribution in [2.75, 3.05) is 18.4 Å². The molecule has 1 N–H and O–H groups in total. The largest absolute Gasteiger partial charge is 0.457 e. The van der Waals surface area contributed by atoms with Gasteiger partial charge in [-0.05, 0) is 62.2 Å². The highest BCUT2D eigenvalue weighted by molar-refractivity contribution is 6.03. The molecule has 9 nitrogen and oxygen atoms in total.